The van der Waals surface area contributed by atoms with Gasteiger partial charge in [0, 0.05) is 13.2 Å². The molecule has 1 saturated heterocycles. The van der Waals surface area contributed by atoms with Crippen molar-refractivity contribution in [3.8, 4) is 0 Å². The first-order chi connectivity index (χ1) is 5.43. The van der Waals surface area contributed by atoms with E-state index in [4.69, 9.17) is 14.6 Å². The van der Waals surface area contributed by atoms with Crippen LogP contribution in [0.3, 0.4) is 0 Å². The second-order valence-corrected chi connectivity index (χ2v) is 2.81. The van der Waals surface area contributed by atoms with Gasteiger partial charge in [-0.05, 0) is 19.3 Å². The summed E-state index contributed by atoms with van der Waals surface area (Å²) >= 11 is 0. The van der Waals surface area contributed by atoms with Crippen LogP contribution in [0, 0.1) is 0 Å². The van der Waals surface area contributed by atoms with E-state index in [9.17, 15) is 0 Å². The quantitative estimate of drug-likeness (QED) is 0.437. The predicted octanol–water partition coefficient (Wildman–Crippen LogP) is 0.564. The van der Waals surface area contributed by atoms with Crippen molar-refractivity contribution in [2.45, 2.75) is 25.4 Å². The van der Waals surface area contributed by atoms with E-state index in [2.05, 4.69) is 0 Å². The molecule has 0 aliphatic carbocycles. The minimum Gasteiger partial charge on any atom is -0.396 e. The van der Waals surface area contributed by atoms with Crippen LogP contribution in [0.2, 0.25) is 0 Å². The van der Waals surface area contributed by atoms with E-state index in [0.29, 0.717) is 12.7 Å². The maximum Gasteiger partial charge on any atom is 0.104 e. The molecule has 0 spiro atoms. The number of epoxide rings is 1. The Bertz CT molecular complexity index is 91.3. The van der Waals surface area contributed by atoms with Gasteiger partial charge < -0.3 is 14.6 Å². The Kier molecular flexibility index (Phi) is 4.50. The van der Waals surface area contributed by atoms with Gasteiger partial charge >= 0.3 is 0 Å². The van der Waals surface area contributed by atoms with Crippen LogP contribution < -0.4 is 0 Å². The molecule has 3 heteroatoms. The zero-order chi connectivity index (χ0) is 7.94. The lowest BCUT2D eigenvalue weighted by molar-refractivity contribution is 0.112. The number of aliphatic hydroxyl groups excluding tert-OH is 1. The topological polar surface area (TPSA) is 42.0 Å². The largest absolute Gasteiger partial charge is 0.396 e. The first-order valence-electron chi connectivity index (χ1n) is 4.23. The van der Waals surface area contributed by atoms with Crippen LogP contribution >= 0.6 is 0 Å². The van der Waals surface area contributed by atoms with E-state index in [1.807, 2.05) is 0 Å². The molecule has 1 unspecified atom stereocenters. The highest BCUT2D eigenvalue weighted by Gasteiger charge is 2.21. The van der Waals surface area contributed by atoms with Crippen molar-refractivity contribution in [2.24, 2.45) is 0 Å². The summed E-state index contributed by atoms with van der Waals surface area (Å²) in [5.74, 6) is 0. The average Bonchev–Trinajstić information content (AvgIpc) is 2.80. The molecule has 3 nitrogen and oxygen atoms in total. The van der Waals surface area contributed by atoms with Crippen molar-refractivity contribution in [3.63, 3.8) is 0 Å². The highest BCUT2D eigenvalue weighted by Crippen LogP contribution is 2.08. The van der Waals surface area contributed by atoms with Crippen LogP contribution in [0.15, 0.2) is 0 Å². The minimum absolute atomic E-state index is 0.297. The van der Waals surface area contributed by atoms with Crippen molar-refractivity contribution < 1.29 is 14.6 Å². The second-order valence-electron chi connectivity index (χ2n) is 2.81. The molecule has 0 amide bonds. The van der Waals surface area contributed by atoms with Gasteiger partial charge in [-0.2, -0.15) is 0 Å². The molecule has 1 aliphatic heterocycles. The summed E-state index contributed by atoms with van der Waals surface area (Å²) in [5, 5.41) is 8.46. The Morgan fingerprint density at radius 1 is 1.36 bits per heavy atom. The third-order valence-electron chi connectivity index (χ3n) is 1.65. The molecule has 11 heavy (non-hydrogen) atoms. The Balaban J connectivity index is 1.66. The summed E-state index contributed by atoms with van der Waals surface area (Å²) in [7, 11) is 0. The maximum absolute atomic E-state index is 8.46. The van der Waals surface area contributed by atoms with Crippen LogP contribution in [0.5, 0.6) is 0 Å². The minimum atomic E-state index is 0.297. The lowest BCUT2D eigenvalue weighted by atomic mass is 10.2. The van der Waals surface area contributed by atoms with Gasteiger partial charge in [-0.25, -0.2) is 0 Å². The Morgan fingerprint density at radius 3 is 2.82 bits per heavy atom. The Hall–Kier alpha value is -0.120. The number of hydrogen-bond acceptors (Lipinski definition) is 3. The van der Waals surface area contributed by atoms with E-state index in [1.165, 1.54) is 0 Å². The zero-order valence-corrected chi connectivity index (χ0v) is 6.79. The van der Waals surface area contributed by atoms with Gasteiger partial charge in [-0.1, -0.05) is 0 Å². The van der Waals surface area contributed by atoms with Gasteiger partial charge in [-0.3, -0.25) is 0 Å². The monoisotopic (exact) mass is 160 g/mol. The number of rotatable bonds is 7. The van der Waals surface area contributed by atoms with Crippen LogP contribution in [0.25, 0.3) is 0 Å². The van der Waals surface area contributed by atoms with Crippen molar-refractivity contribution in [3.05, 3.63) is 0 Å². The summed E-state index contributed by atoms with van der Waals surface area (Å²) in [5.41, 5.74) is 0. The summed E-state index contributed by atoms with van der Waals surface area (Å²) in [4.78, 5) is 0. The standard InChI is InChI=1S/C8H16O3/c9-4-2-1-3-5-10-6-8-7-11-8/h8-9H,1-7H2. The number of unbranched alkanes of at least 4 members (excludes halogenated alkanes) is 2. The number of aliphatic hydroxyl groups is 1. The lowest BCUT2D eigenvalue weighted by Gasteiger charge is -2.00. The van der Waals surface area contributed by atoms with Crippen molar-refractivity contribution >= 4 is 0 Å². The number of hydrogen-bond donors (Lipinski definition) is 1. The summed E-state index contributed by atoms with van der Waals surface area (Å²) in [6.07, 6.45) is 3.38. The highest BCUT2D eigenvalue weighted by atomic mass is 16.6. The molecule has 0 radical (unpaired) electrons. The van der Waals surface area contributed by atoms with Gasteiger partial charge in [0.25, 0.3) is 0 Å². The third kappa shape index (κ3) is 5.18. The molecule has 0 aromatic rings. The normalized spacial score (nSPS) is 22.1. The molecule has 1 aliphatic rings. The molecular weight excluding hydrogens is 144 g/mol. The molecule has 66 valence electrons. The molecule has 1 fully saturated rings. The van der Waals surface area contributed by atoms with E-state index >= 15 is 0 Å². The average molecular weight is 160 g/mol. The first-order valence-corrected chi connectivity index (χ1v) is 4.23. The molecule has 0 bridgehead atoms. The molecule has 0 aromatic heterocycles. The SMILES string of the molecule is OCCCCCOCC1CO1. The molecule has 1 N–H and O–H groups in total. The smallest absolute Gasteiger partial charge is 0.104 e. The van der Waals surface area contributed by atoms with E-state index in [1.54, 1.807) is 0 Å². The molecule has 1 heterocycles. The van der Waals surface area contributed by atoms with Gasteiger partial charge in [0.2, 0.25) is 0 Å². The van der Waals surface area contributed by atoms with Crippen LogP contribution in [-0.2, 0) is 9.47 Å². The van der Waals surface area contributed by atoms with E-state index in [0.717, 1.165) is 39.1 Å². The predicted molar refractivity (Wildman–Crippen MR) is 41.5 cm³/mol. The third-order valence-corrected chi connectivity index (χ3v) is 1.65. The summed E-state index contributed by atoms with van der Waals surface area (Å²) in [6.45, 7) is 2.72. The van der Waals surface area contributed by atoms with Crippen molar-refractivity contribution in [1.29, 1.82) is 0 Å². The first kappa shape index (κ1) is 8.97. The highest BCUT2D eigenvalue weighted by molar-refractivity contribution is 4.66. The zero-order valence-electron chi connectivity index (χ0n) is 6.79. The fourth-order valence-corrected chi connectivity index (χ4v) is 0.872. The van der Waals surface area contributed by atoms with Gasteiger partial charge in [0.05, 0.1) is 13.2 Å². The van der Waals surface area contributed by atoms with E-state index in [-0.39, 0.29) is 0 Å². The molecule has 0 saturated carbocycles. The Morgan fingerprint density at radius 2 is 2.18 bits per heavy atom. The molecule has 0 aromatic carbocycles. The summed E-state index contributed by atoms with van der Waals surface area (Å²) < 4.78 is 10.3. The fourth-order valence-electron chi connectivity index (χ4n) is 0.872. The van der Waals surface area contributed by atoms with Gasteiger partial charge in [-0.15, -0.1) is 0 Å². The van der Waals surface area contributed by atoms with Crippen LogP contribution in [-0.4, -0.2) is 37.6 Å². The van der Waals surface area contributed by atoms with Gasteiger partial charge in [0.1, 0.15) is 6.10 Å². The summed E-state index contributed by atoms with van der Waals surface area (Å²) in [6, 6.07) is 0. The molecular formula is C8H16O3. The van der Waals surface area contributed by atoms with Gasteiger partial charge in [0.15, 0.2) is 0 Å². The van der Waals surface area contributed by atoms with E-state index < -0.39 is 0 Å². The molecule has 1 rings (SSSR count). The fraction of sp³-hybridized carbons (Fsp3) is 1.00. The van der Waals surface area contributed by atoms with Crippen LogP contribution in [0.1, 0.15) is 19.3 Å². The Labute approximate surface area is 67.3 Å². The van der Waals surface area contributed by atoms with Crippen molar-refractivity contribution in [2.75, 3.05) is 26.4 Å². The lowest BCUT2D eigenvalue weighted by Crippen LogP contribution is -2.02. The van der Waals surface area contributed by atoms with Crippen LogP contribution in [0.4, 0.5) is 0 Å². The number of ether oxygens (including phenoxy) is 2. The molecule has 1 atom stereocenters. The van der Waals surface area contributed by atoms with Crippen molar-refractivity contribution in [1.82, 2.24) is 0 Å². The maximum atomic E-state index is 8.46. The second kappa shape index (κ2) is 5.52.